The molecule has 1 aromatic heterocycles. The zero-order valence-corrected chi connectivity index (χ0v) is 10.6. The van der Waals surface area contributed by atoms with Gasteiger partial charge in [-0.25, -0.2) is 4.68 Å². The lowest BCUT2D eigenvalue weighted by molar-refractivity contribution is -0.383. The Labute approximate surface area is 113 Å². The topological polar surface area (TPSA) is 113 Å². The number of ether oxygens (including phenoxy) is 1. The summed E-state index contributed by atoms with van der Waals surface area (Å²) in [6.45, 7) is 0.151. The standard InChI is InChI=1S/C12H12N4O4/c1-20-11-4-5-12(17)15(14-11)7-8-2-3-10(16(18)19)9(13)6-8/h2-6H,7,13H2,1H3. The van der Waals surface area contributed by atoms with E-state index in [4.69, 9.17) is 10.5 Å². The van der Waals surface area contributed by atoms with E-state index >= 15 is 0 Å². The molecule has 1 aromatic carbocycles. The van der Waals surface area contributed by atoms with E-state index in [-0.39, 0.29) is 23.5 Å². The van der Waals surface area contributed by atoms with E-state index in [9.17, 15) is 14.9 Å². The van der Waals surface area contributed by atoms with Gasteiger partial charge in [0.15, 0.2) is 0 Å². The Morgan fingerprint density at radius 3 is 2.75 bits per heavy atom. The zero-order chi connectivity index (χ0) is 14.7. The summed E-state index contributed by atoms with van der Waals surface area (Å²) in [6, 6.07) is 7.08. The summed E-state index contributed by atoms with van der Waals surface area (Å²) in [4.78, 5) is 21.8. The minimum Gasteiger partial charge on any atom is -0.480 e. The van der Waals surface area contributed by atoms with Gasteiger partial charge in [-0.15, -0.1) is 5.10 Å². The van der Waals surface area contributed by atoms with Gasteiger partial charge >= 0.3 is 0 Å². The van der Waals surface area contributed by atoms with Gasteiger partial charge in [-0.3, -0.25) is 14.9 Å². The first-order valence-corrected chi connectivity index (χ1v) is 5.66. The van der Waals surface area contributed by atoms with Gasteiger partial charge in [-0.1, -0.05) is 6.07 Å². The van der Waals surface area contributed by atoms with Crippen LogP contribution in [-0.4, -0.2) is 21.8 Å². The van der Waals surface area contributed by atoms with Crippen molar-refractivity contribution in [2.24, 2.45) is 0 Å². The van der Waals surface area contributed by atoms with Gasteiger partial charge < -0.3 is 10.5 Å². The van der Waals surface area contributed by atoms with E-state index in [1.54, 1.807) is 0 Å². The van der Waals surface area contributed by atoms with E-state index in [1.165, 1.54) is 42.1 Å². The molecule has 0 unspecified atom stereocenters. The molecule has 0 amide bonds. The van der Waals surface area contributed by atoms with Crippen molar-refractivity contribution < 1.29 is 9.66 Å². The molecule has 0 fully saturated rings. The predicted molar refractivity (Wildman–Crippen MR) is 71.7 cm³/mol. The summed E-state index contributed by atoms with van der Waals surface area (Å²) < 4.78 is 6.13. The van der Waals surface area contributed by atoms with Crippen molar-refractivity contribution in [1.29, 1.82) is 0 Å². The Kier molecular flexibility index (Phi) is 3.65. The SMILES string of the molecule is COc1ccc(=O)n(Cc2ccc([N+](=O)[O-])c(N)c2)n1. The molecule has 1 heterocycles. The van der Waals surface area contributed by atoms with Crippen LogP contribution in [0.5, 0.6) is 5.88 Å². The first kappa shape index (κ1) is 13.5. The van der Waals surface area contributed by atoms with Crippen LogP contribution >= 0.6 is 0 Å². The third kappa shape index (κ3) is 2.74. The van der Waals surface area contributed by atoms with Crippen LogP contribution in [-0.2, 0) is 6.54 Å². The van der Waals surface area contributed by atoms with Crippen LogP contribution < -0.4 is 16.0 Å². The molecule has 0 bridgehead atoms. The number of hydrogen-bond acceptors (Lipinski definition) is 6. The molecule has 0 saturated heterocycles. The number of benzene rings is 1. The van der Waals surface area contributed by atoms with Gasteiger partial charge in [-0.05, 0) is 11.6 Å². The van der Waals surface area contributed by atoms with Crippen LogP contribution in [0.3, 0.4) is 0 Å². The molecule has 8 heteroatoms. The van der Waals surface area contributed by atoms with Crippen molar-refractivity contribution in [3.05, 3.63) is 56.4 Å². The second kappa shape index (κ2) is 5.39. The third-order valence-corrected chi connectivity index (χ3v) is 2.67. The number of hydrogen-bond donors (Lipinski definition) is 1. The maximum Gasteiger partial charge on any atom is 0.292 e. The number of anilines is 1. The monoisotopic (exact) mass is 276 g/mol. The Hall–Kier alpha value is -2.90. The van der Waals surface area contributed by atoms with Crippen LogP contribution in [0.4, 0.5) is 11.4 Å². The molecule has 2 N–H and O–H groups in total. The van der Waals surface area contributed by atoms with Gasteiger partial charge in [0.1, 0.15) is 5.69 Å². The molecular weight excluding hydrogens is 264 g/mol. The lowest BCUT2D eigenvalue weighted by Crippen LogP contribution is -2.22. The third-order valence-electron chi connectivity index (χ3n) is 2.67. The molecule has 0 aliphatic carbocycles. The van der Waals surface area contributed by atoms with Crippen LogP contribution in [0, 0.1) is 10.1 Å². The molecule has 0 radical (unpaired) electrons. The van der Waals surface area contributed by atoms with E-state index in [1.807, 2.05) is 0 Å². The maximum atomic E-state index is 11.7. The number of nitro groups is 1. The van der Waals surface area contributed by atoms with Crippen molar-refractivity contribution in [3.63, 3.8) is 0 Å². The fourth-order valence-electron chi connectivity index (χ4n) is 1.69. The predicted octanol–water partition coefficient (Wildman–Crippen LogP) is 0.791. The van der Waals surface area contributed by atoms with Gasteiger partial charge in [0.25, 0.3) is 11.2 Å². The van der Waals surface area contributed by atoms with Gasteiger partial charge in [0.05, 0.1) is 18.6 Å². The smallest absolute Gasteiger partial charge is 0.292 e. The average Bonchev–Trinajstić information content (AvgIpc) is 2.41. The Morgan fingerprint density at radius 1 is 1.40 bits per heavy atom. The molecule has 0 atom stereocenters. The highest BCUT2D eigenvalue weighted by Crippen LogP contribution is 2.22. The highest BCUT2D eigenvalue weighted by Gasteiger charge is 2.11. The number of rotatable bonds is 4. The number of methoxy groups -OCH3 is 1. The van der Waals surface area contributed by atoms with Gasteiger partial charge in [0.2, 0.25) is 5.88 Å². The van der Waals surface area contributed by atoms with E-state index in [0.29, 0.717) is 11.4 Å². The highest BCUT2D eigenvalue weighted by atomic mass is 16.6. The van der Waals surface area contributed by atoms with Crippen molar-refractivity contribution in [2.45, 2.75) is 6.54 Å². The second-order valence-electron chi connectivity index (χ2n) is 4.02. The van der Waals surface area contributed by atoms with Crippen LogP contribution in [0.2, 0.25) is 0 Å². The van der Waals surface area contributed by atoms with Crippen LogP contribution in [0.1, 0.15) is 5.56 Å². The average molecular weight is 276 g/mol. The molecule has 2 aromatic rings. The fourth-order valence-corrected chi connectivity index (χ4v) is 1.69. The Bertz CT molecular complexity index is 711. The molecule has 0 spiro atoms. The highest BCUT2D eigenvalue weighted by molar-refractivity contribution is 5.59. The van der Waals surface area contributed by atoms with E-state index in [0.717, 1.165) is 0 Å². The molecule has 0 aliphatic heterocycles. The molecule has 0 aliphatic rings. The van der Waals surface area contributed by atoms with Crippen molar-refractivity contribution in [1.82, 2.24) is 9.78 Å². The first-order chi connectivity index (χ1) is 9.51. The molecule has 2 rings (SSSR count). The fraction of sp³-hybridized carbons (Fsp3) is 0.167. The van der Waals surface area contributed by atoms with E-state index < -0.39 is 4.92 Å². The number of nitrogens with two attached hydrogens (primary N) is 1. The number of nitrogens with zero attached hydrogens (tertiary/aromatic N) is 3. The number of nitrogen functional groups attached to an aromatic ring is 1. The zero-order valence-electron chi connectivity index (χ0n) is 10.6. The Morgan fingerprint density at radius 2 is 2.15 bits per heavy atom. The second-order valence-corrected chi connectivity index (χ2v) is 4.02. The van der Waals surface area contributed by atoms with Crippen molar-refractivity contribution in [2.75, 3.05) is 12.8 Å². The largest absolute Gasteiger partial charge is 0.480 e. The van der Waals surface area contributed by atoms with Gasteiger partial charge in [-0.2, -0.15) is 0 Å². The van der Waals surface area contributed by atoms with Crippen molar-refractivity contribution >= 4 is 11.4 Å². The summed E-state index contributed by atoms with van der Waals surface area (Å²) in [5.41, 5.74) is 5.81. The molecule has 8 nitrogen and oxygen atoms in total. The summed E-state index contributed by atoms with van der Waals surface area (Å²) >= 11 is 0. The Balaban J connectivity index is 2.33. The maximum absolute atomic E-state index is 11.7. The first-order valence-electron chi connectivity index (χ1n) is 5.66. The summed E-state index contributed by atoms with van der Waals surface area (Å²) in [5.74, 6) is 0.305. The van der Waals surface area contributed by atoms with Gasteiger partial charge in [0, 0.05) is 18.2 Å². The van der Waals surface area contributed by atoms with E-state index in [2.05, 4.69) is 5.10 Å². The lowest BCUT2D eigenvalue weighted by atomic mass is 10.2. The summed E-state index contributed by atoms with van der Waals surface area (Å²) in [6.07, 6.45) is 0. The normalized spacial score (nSPS) is 10.2. The summed E-state index contributed by atoms with van der Waals surface area (Å²) in [5, 5.41) is 14.7. The number of nitro benzene ring substituents is 1. The lowest BCUT2D eigenvalue weighted by Gasteiger charge is -2.07. The molecular formula is C12H12N4O4. The molecule has 20 heavy (non-hydrogen) atoms. The molecule has 104 valence electrons. The summed E-state index contributed by atoms with van der Waals surface area (Å²) in [7, 11) is 1.45. The van der Waals surface area contributed by atoms with Crippen LogP contribution in [0.25, 0.3) is 0 Å². The minimum atomic E-state index is -0.560. The molecule has 0 saturated carbocycles. The van der Waals surface area contributed by atoms with Crippen molar-refractivity contribution in [3.8, 4) is 5.88 Å². The minimum absolute atomic E-state index is 0.0449. The quantitative estimate of drug-likeness (QED) is 0.501. The number of aromatic nitrogens is 2. The van der Waals surface area contributed by atoms with Crippen LogP contribution in [0.15, 0.2) is 35.1 Å².